The van der Waals surface area contributed by atoms with Crippen LogP contribution in [0.1, 0.15) is 32.8 Å². The molecule has 2 saturated heterocycles. The van der Waals surface area contributed by atoms with Crippen molar-refractivity contribution in [1.29, 1.82) is 0 Å². The molecule has 2 aliphatic rings. The fraction of sp³-hybridized carbons (Fsp3) is 0.579. The molecule has 2 heterocycles. The average Bonchev–Trinajstić information content (AvgIpc) is 2.49. The number of likely N-dealkylation sites (tertiary alicyclic amines) is 2. The lowest BCUT2D eigenvalue weighted by Crippen LogP contribution is -2.76. The van der Waals surface area contributed by atoms with Gasteiger partial charge in [-0.15, -0.1) is 0 Å². The first-order valence-electron chi connectivity index (χ1n) is 8.74. The Morgan fingerprint density at radius 1 is 1.28 bits per heavy atom. The van der Waals surface area contributed by atoms with E-state index in [1.807, 2.05) is 51.1 Å². The third-order valence-corrected chi connectivity index (χ3v) is 5.15. The molecule has 0 aromatic heterocycles. The van der Waals surface area contributed by atoms with Crippen LogP contribution in [0.25, 0.3) is 0 Å². The van der Waals surface area contributed by atoms with Gasteiger partial charge in [0.25, 0.3) is 0 Å². The van der Waals surface area contributed by atoms with E-state index in [1.54, 1.807) is 4.90 Å². The molecular weight excluding hydrogens is 320 g/mol. The Bertz CT molecular complexity index is 655. The standard InChI is InChI=1S/C19H26N2O4/c1-18(2,3)25-17(24)21-12-15-9-10-20(16(22)23)13-19(15,21)11-14-7-5-4-6-8-14/h4-8,15H,9-13H2,1-3H3,(H,22,23). The van der Waals surface area contributed by atoms with Gasteiger partial charge in [0.15, 0.2) is 0 Å². The maximum absolute atomic E-state index is 12.7. The molecule has 3 rings (SSSR count). The summed E-state index contributed by atoms with van der Waals surface area (Å²) in [4.78, 5) is 27.4. The van der Waals surface area contributed by atoms with Crippen LogP contribution in [0, 0.1) is 5.92 Å². The number of hydrogen-bond acceptors (Lipinski definition) is 3. The molecule has 2 fully saturated rings. The summed E-state index contributed by atoms with van der Waals surface area (Å²) < 4.78 is 5.57. The fourth-order valence-corrected chi connectivity index (χ4v) is 3.96. The highest BCUT2D eigenvalue weighted by atomic mass is 16.6. The summed E-state index contributed by atoms with van der Waals surface area (Å²) in [6.45, 7) is 7.03. The first-order valence-corrected chi connectivity index (χ1v) is 8.74. The summed E-state index contributed by atoms with van der Waals surface area (Å²) in [6, 6.07) is 9.94. The zero-order chi connectivity index (χ0) is 18.2. The minimum Gasteiger partial charge on any atom is -0.465 e. The van der Waals surface area contributed by atoms with Gasteiger partial charge in [0.1, 0.15) is 5.60 Å². The van der Waals surface area contributed by atoms with Crippen molar-refractivity contribution in [2.24, 2.45) is 5.92 Å². The van der Waals surface area contributed by atoms with Crippen molar-refractivity contribution in [2.45, 2.75) is 44.8 Å². The van der Waals surface area contributed by atoms with Crippen LogP contribution in [0.15, 0.2) is 30.3 Å². The molecule has 0 bridgehead atoms. The van der Waals surface area contributed by atoms with Crippen LogP contribution >= 0.6 is 0 Å². The topological polar surface area (TPSA) is 70.1 Å². The minimum atomic E-state index is -0.929. The van der Waals surface area contributed by atoms with Gasteiger partial charge < -0.3 is 14.7 Å². The molecular formula is C19H26N2O4. The largest absolute Gasteiger partial charge is 0.465 e. The molecule has 0 aliphatic carbocycles. The molecule has 136 valence electrons. The Balaban J connectivity index is 1.88. The van der Waals surface area contributed by atoms with Crippen LogP contribution < -0.4 is 0 Å². The predicted molar refractivity (Wildman–Crippen MR) is 93.5 cm³/mol. The Kier molecular flexibility index (Phi) is 4.39. The van der Waals surface area contributed by atoms with E-state index in [0.29, 0.717) is 32.0 Å². The lowest BCUT2D eigenvalue weighted by molar-refractivity contribution is -0.118. The van der Waals surface area contributed by atoms with E-state index >= 15 is 0 Å². The SMILES string of the molecule is CC(C)(C)OC(=O)N1CC2CCN(C(=O)O)CC21Cc1ccccc1. The number of amides is 2. The summed E-state index contributed by atoms with van der Waals surface area (Å²) in [7, 11) is 0. The van der Waals surface area contributed by atoms with E-state index in [-0.39, 0.29) is 6.09 Å². The van der Waals surface area contributed by atoms with E-state index in [4.69, 9.17) is 4.74 Å². The number of piperidine rings is 1. The van der Waals surface area contributed by atoms with Crippen molar-refractivity contribution in [3.8, 4) is 0 Å². The summed E-state index contributed by atoms with van der Waals surface area (Å²) in [5.74, 6) is 0.302. The van der Waals surface area contributed by atoms with Crippen molar-refractivity contribution in [2.75, 3.05) is 19.6 Å². The number of carbonyl (C=O) groups is 2. The highest BCUT2D eigenvalue weighted by molar-refractivity contribution is 5.72. The predicted octanol–water partition coefficient (Wildman–Crippen LogP) is 3.22. The molecule has 2 amide bonds. The van der Waals surface area contributed by atoms with Crippen LogP contribution in [-0.2, 0) is 11.2 Å². The third kappa shape index (κ3) is 3.43. The van der Waals surface area contributed by atoms with Gasteiger partial charge in [0.2, 0.25) is 0 Å². The molecule has 2 atom stereocenters. The molecule has 2 unspecified atom stereocenters. The van der Waals surface area contributed by atoms with Gasteiger partial charge in [-0.2, -0.15) is 0 Å². The fourth-order valence-electron chi connectivity index (χ4n) is 3.96. The number of nitrogens with zero attached hydrogens (tertiary/aromatic N) is 2. The monoisotopic (exact) mass is 346 g/mol. The Labute approximate surface area is 148 Å². The van der Waals surface area contributed by atoms with Gasteiger partial charge in [-0.1, -0.05) is 30.3 Å². The molecule has 6 heteroatoms. The maximum atomic E-state index is 12.7. The Morgan fingerprint density at radius 2 is 1.96 bits per heavy atom. The average molecular weight is 346 g/mol. The number of hydrogen-bond donors (Lipinski definition) is 1. The minimum absolute atomic E-state index is 0.302. The molecule has 6 nitrogen and oxygen atoms in total. The molecule has 0 spiro atoms. The van der Waals surface area contributed by atoms with Gasteiger partial charge in [-0.25, -0.2) is 9.59 Å². The smallest absolute Gasteiger partial charge is 0.410 e. The van der Waals surface area contributed by atoms with Crippen molar-refractivity contribution in [3.63, 3.8) is 0 Å². The molecule has 25 heavy (non-hydrogen) atoms. The number of carbonyl (C=O) groups excluding carboxylic acids is 1. The summed E-state index contributed by atoms with van der Waals surface area (Å²) >= 11 is 0. The highest BCUT2D eigenvalue weighted by Gasteiger charge is 2.59. The van der Waals surface area contributed by atoms with Crippen LogP contribution in [0.4, 0.5) is 9.59 Å². The molecule has 1 aromatic carbocycles. The van der Waals surface area contributed by atoms with Gasteiger partial charge in [-0.05, 0) is 39.2 Å². The first-order chi connectivity index (χ1) is 11.7. The van der Waals surface area contributed by atoms with Crippen LogP contribution in [0.3, 0.4) is 0 Å². The van der Waals surface area contributed by atoms with Crippen LogP contribution in [-0.4, -0.2) is 57.9 Å². The zero-order valence-corrected chi connectivity index (χ0v) is 15.1. The van der Waals surface area contributed by atoms with E-state index in [0.717, 1.165) is 12.0 Å². The van der Waals surface area contributed by atoms with Crippen molar-refractivity contribution in [1.82, 2.24) is 9.80 Å². The molecule has 0 saturated carbocycles. The Hall–Kier alpha value is -2.24. The van der Waals surface area contributed by atoms with Crippen LogP contribution in [0.2, 0.25) is 0 Å². The van der Waals surface area contributed by atoms with Gasteiger partial charge >= 0.3 is 12.2 Å². The molecule has 1 N–H and O–H groups in total. The second kappa shape index (κ2) is 6.24. The maximum Gasteiger partial charge on any atom is 0.410 e. The lowest BCUT2D eigenvalue weighted by atomic mass is 9.66. The number of rotatable bonds is 2. The summed E-state index contributed by atoms with van der Waals surface area (Å²) in [5, 5.41) is 9.45. The molecule has 1 aromatic rings. The number of carboxylic acid groups (broad SMARTS) is 1. The van der Waals surface area contributed by atoms with Crippen molar-refractivity contribution in [3.05, 3.63) is 35.9 Å². The normalized spacial score (nSPS) is 25.8. The van der Waals surface area contributed by atoms with E-state index in [2.05, 4.69) is 0 Å². The van der Waals surface area contributed by atoms with E-state index in [9.17, 15) is 14.7 Å². The molecule has 0 radical (unpaired) electrons. The quantitative estimate of drug-likeness (QED) is 0.893. The van der Waals surface area contributed by atoms with E-state index in [1.165, 1.54) is 4.90 Å². The number of ether oxygens (including phenoxy) is 1. The van der Waals surface area contributed by atoms with Crippen molar-refractivity contribution >= 4 is 12.2 Å². The van der Waals surface area contributed by atoms with E-state index < -0.39 is 17.2 Å². The van der Waals surface area contributed by atoms with Gasteiger partial charge in [-0.3, -0.25) is 4.90 Å². The van der Waals surface area contributed by atoms with Crippen molar-refractivity contribution < 1.29 is 19.4 Å². The zero-order valence-electron chi connectivity index (χ0n) is 15.1. The number of fused-ring (bicyclic) bond motifs is 1. The third-order valence-electron chi connectivity index (χ3n) is 5.15. The number of benzene rings is 1. The van der Waals surface area contributed by atoms with Crippen LogP contribution in [0.5, 0.6) is 0 Å². The summed E-state index contributed by atoms with van der Waals surface area (Å²) in [5.41, 5.74) is 0.0189. The second-order valence-corrected chi connectivity index (χ2v) is 8.05. The lowest BCUT2D eigenvalue weighted by Gasteiger charge is -2.62. The Morgan fingerprint density at radius 3 is 2.56 bits per heavy atom. The van der Waals surface area contributed by atoms with Gasteiger partial charge in [0.05, 0.1) is 5.54 Å². The first kappa shape index (κ1) is 17.6. The highest BCUT2D eigenvalue weighted by Crippen LogP contribution is 2.45. The second-order valence-electron chi connectivity index (χ2n) is 8.05. The molecule has 2 aliphatic heterocycles. The summed E-state index contributed by atoms with van der Waals surface area (Å²) in [6.07, 6.45) is 0.133. The van der Waals surface area contributed by atoms with Gasteiger partial charge in [0, 0.05) is 25.6 Å².